The molecule has 0 saturated heterocycles. The fourth-order valence-electron chi connectivity index (χ4n) is 1.66. The molecule has 0 amide bonds. The molecule has 0 aliphatic heterocycles. The Hall–Kier alpha value is 0.503. The van der Waals surface area contributed by atoms with Gasteiger partial charge in [0.15, 0.2) is 0 Å². The van der Waals surface area contributed by atoms with Crippen molar-refractivity contribution in [3.05, 3.63) is 0 Å². The third-order valence-electron chi connectivity index (χ3n) is 2.86. The molecule has 0 bridgehead atoms. The molecule has 0 atom stereocenters. The molecule has 0 heterocycles. The van der Waals surface area contributed by atoms with Gasteiger partial charge in [-0.1, -0.05) is 0 Å². The van der Waals surface area contributed by atoms with Crippen LogP contribution < -0.4 is 0 Å². The molecule has 0 N–H and O–H groups in total. The van der Waals surface area contributed by atoms with Gasteiger partial charge in [0, 0.05) is 0 Å². The van der Waals surface area contributed by atoms with Crippen LogP contribution in [-0.4, -0.2) is 32.7 Å². The molecule has 2 heteroatoms. The molecule has 0 aromatic carbocycles. The number of hydrogen-bond acceptors (Lipinski definition) is 1. The van der Waals surface area contributed by atoms with E-state index in [1.807, 2.05) is 0 Å². The molecule has 0 aromatic heterocycles. The standard InChI is InChI=1S/C9H20GeN/c1-5-9(6-2,7-3)11(10)8-4/h5-8H2,1-4H3. The van der Waals surface area contributed by atoms with Gasteiger partial charge in [0.1, 0.15) is 0 Å². The van der Waals surface area contributed by atoms with Gasteiger partial charge in [-0.2, -0.15) is 0 Å². The molecule has 11 heavy (non-hydrogen) atoms. The van der Waals surface area contributed by atoms with Crippen molar-refractivity contribution in [1.82, 2.24) is 3.86 Å². The van der Waals surface area contributed by atoms with Crippen molar-refractivity contribution in [3.8, 4) is 0 Å². The molecule has 65 valence electrons. The summed E-state index contributed by atoms with van der Waals surface area (Å²) in [6.45, 7) is 10.3. The summed E-state index contributed by atoms with van der Waals surface area (Å²) in [6.07, 6.45) is 3.80. The minimum absolute atomic E-state index is 0.467. The van der Waals surface area contributed by atoms with Gasteiger partial charge in [-0.25, -0.2) is 0 Å². The van der Waals surface area contributed by atoms with Crippen LogP contribution in [0.5, 0.6) is 0 Å². The van der Waals surface area contributed by atoms with Crippen LogP contribution in [0.2, 0.25) is 0 Å². The summed E-state index contributed by atoms with van der Waals surface area (Å²) < 4.78 is 2.48. The fourth-order valence-corrected chi connectivity index (χ4v) is 2.65. The molecule has 0 unspecified atom stereocenters. The van der Waals surface area contributed by atoms with Gasteiger partial charge in [-0.3, -0.25) is 0 Å². The molecule has 0 saturated carbocycles. The Kier molecular flexibility index (Phi) is 5.44. The van der Waals surface area contributed by atoms with Crippen LogP contribution in [0.1, 0.15) is 47.0 Å². The van der Waals surface area contributed by atoms with Crippen molar-refractivity contribution >= 4 is 16.7 Å². The van der Waals surface area contributed by atoms with Crippen LogP contribution >= 0.6 is 0 Å². The predicted molar refractivity (Wildman–Crippen MR) is 51.7 cm³/mol. The normalized spacial score (nSPS) is 12.5. The topological polar surface area (TPSA) is 3.24 Å². The Morgan fingerprint density at radius 2 is 1.36 bits per heavy atom. The molecule has 0 spiro atoms. The average molecular weight is 215 g/mol. The van der Waals surface area contributed by atoms with E-state index in [9.17, 15) is 0 Å². The van der Waals surface area contributed by atoms with E-state index in [0.29, 0.717) is 5.54 Å². The van der Waals surface area contributed by atoms with E-state index in [-0.39, 0.29) is 0 Å². The first-order valence-electron chi connectivity index (χ1n) is 4.65. The first-order valence-corrected chi connectivity index (χ1v) is 5.59. The first-order chi connectivity index (χ1) is 5.16. The van der Waals surface area contributed by atoms with Crippen LogP contribution in [0.15, 0.2) is 0 Å². The third kappa shape index (κ3) is 2.48. The SMILES string of the molecule is CC[N]([Ge])C(CC)(CC)CC. The van der Waals surface area contributed by atoms with Gasteiger partial charge < -0.3 is 0 Å². The maximum absolute atomic E-state index is 2.48. The van der Waals surface area contributed by atoms with Crippen molar-refractivity contribution in [3.63, 3.8) is 0 Å². The summed E-state index contributed by atoms with van der Waals surface area (Å²) in [7, 11) is 0. The van der Waals surface area contributed by atoms with E-state index in [1.54, 1.807) is 0 Å². The van der Waals surface area contributed by atoms with Gasteiger partial charge in [0.25, 0.3) is 0 Å². The molecule has 0 aliphatic carbocycles. The zero-order chi connectivity index (χ0) is 8.91. The molecule has 0 aromatic rings. The van der Waals surface area contributed by atoms with Gasteiger partial charge >= 0.3 is 79.6 Å². The van der Waals surface area contributed by atoms with Crippen LogP contribution in [0, 0.1) is 0 Å². The molecular formula is C9H20GeN. The van der Waals surface area contributed by atoms with Crippen LogP contribution in [-0.2, 0) is 0 Å². The third-order valence-corrected chi connectivity index (χ3v) is 4.52. The molecule has 3 radical (unpaired) electrons. The Morgan fingerprint density at radius 3 is 1.45 bits per heavy atom. The zero-order valence-electron chi connectivity index (χ0n) is 8.28. The second kappa shape index (κ2) is 5.20. The molecule has 0 aliphatic rings. The summed E-state index contributed by atoms with van der Waals surface area (Å²) in [4.78, 5) is 0. The molecule has 1 nitrogen and oxygen atoms in total. The summed E-state index contributed by atoms with van der Waals surface area (Å²) in [5, 5.41) is 0. The van der Waals surface area contributed by atoms with Crippen LogP contribution in [0.3, 0.4) is 0 Å². The maximum atomic E-state index is 2.48. The van der Waals surface area contributed by atoms with E-state index in [2.05, 4.69) is 48.3 Å². The van der Waals surface area contributed by atoms with Crippen molar-refractivity contribution in [2.75, 3.05) is 6.54 Å². The van der Waals surface area contributed by atoms with Gasteiger partial charge in [0.2, 0.25) is 0 Å². The van der Waals surface area contributed by atoms with Crippen molar-refractivity contribution in [2.45, 2.75) is 52.5 Å². The summed E-state index contributed by atoms with van der Waals surface area (Å²) in [6, 6.07) is 0. The fraction of sp³-hybridized carbons (Fsp3) is 1.00. The quantitative estimate of drug-likeness (QED) is 0.636. The van der Waals surface area contributed by atoms with E-state index >= 15 is 0 Å². The first kappa shape index (κ1) is 11.5. The second-order valence-corrected chi connectivity index (χ2v) is 4.16. The van der Waals surface area contributed by atoms with E-state index in [0.717, 1.165) is 6.54 Å². The number of rotatable bonds is 5. The van der Waals surface area contributed by atoms with E-state index < -0.39 is 0 Å². The average Bonchev–Trinajstić information content (AvgIpc) is 2.08. The Morgan fingerprint density at radius 1 is 1.00 bits per heavy atom. The van der Waals surface area contributed by atoms with E-state index in [1.165, 1.54) is 19.3 Å². The van der Waals surface area contributed by atoms with Crippen molar-refractivity contribution < 1.29 is 0 Å². The number of nitrogens with zero attached hydrogens (tertiary/aromatic N) is 1. The molecular weight excluding hydrogens is 195 g/mol. The van der Waals surface area contributed by atoms with Gasteiger partial charge in [-0.05, 0) is 0 Å². The van der Waals surface area contributed by atoms with Crippen LogP contribution in [0.25, 0.3) is 0 Å². The second-order valence-electron chi connectivity index (χ2n) is 3.03. The molecule has 0 rings (SSSR count). The summed E-state index contributed by atoms with van der Waals surface area (Å²) in [5.41, 5.74) is 0.467. The monoisotopic (exact) mass is 216 g/mol. The zero-order valence-corrected chi connectivity index (χ0v) is 10.4. The van der Waals surface area contributed by atoms with Crippen molar-refractivity contribution in [2.24, 2.45) is 0 Å². The predicted octanol–water partition coefficient (Wildman–Crippen LogP) is 2.36. The molecule has 0 fully saturated rings. The van der Waals surface area contributed by atoms with Crippen molar-refractivity contribution in [1.29, 1.82) is 0 Å². The van der Waals surface area contributed by atoms with Gasteiger partial charge in [0.05, 0.1) is 0 Å². The minimum atomic E-state index is 0.467. The Bertz CT molecular complexity index is 91.5. The summed E-state index contributed by atoms with van der Waals surface area (Å²) in [5.74, 6) is 0. The Labute approximate surface area is 80.0 Å². The van der Waals surface area contributed by atoms with E-state index in [4.69, 9.17) is 0 Å². The van der Waals surface area contributed by atoms with Crippen LogP contribution in [0.4, 0.5) is 0 Å². The Balaban J connectivity index is 4.26. The number of hydrogen-bond donors (Lipinski definition) is 0. The summed E-state index contributed by atoms with van der Waals surface area (Å²) >= 11 is 2.23. The van der Waals surface area contributed by atoms with Gasteiger partial charge in [-0.15, -0.1) is 0 Å².